The summed E-state index contributed by atoms with van der Waals surface area (Å²) < 4.78 is 5.99. The van der Waals surface area contributed by atoms with Crippen LogP contribution in [0.3, 0.4) is 0 Å². The SMILES string of the molecule is Cc1nc(C)c(C(=O)C2=C(O)C(=O)N(CCN(C)C)C2c2cccc(Oc3ccccc3)c2)s1. The Hall–Kier alpha value is -3.49. The molecule has 2 aromatic carbocycles. The highest BCUT2D eigenvalue weighted by molar-refractivity contribution is 7.14. The summed E-state index contributed by atoms with van der Waals surface area (Å²) in [5, 5.41) is 11.6. The van der Waals surface area contributed by atoms with Crippen LogP contribution in [-0.2, 0) is 4.79 Å². The number of hydrogen-bond acceptors (Lipinski definition) is 7. The van der Waals surface area contributed by atoms with E-state index in [-0.39, 0.29) is 11.4 Å². The summed E-state index contributed by atoms with van der Waals surface area (Å²) in [6.45, 7) is 4.52. The number of aliphatic hydroxyl groups is 1. The van der Waals surface area contributed by atoms with E-state index in [2.05, 4.69) is 4.98 Å². The van der Waals surface area contributed by atoms with E-state index in [1.807, 2.05) is 80.5 Å². The van der Waals surface area contributed by atoms with Crippen LogP contribution >= 0.6 is 11.3 Å². The van der Waals surface area contributed by atoms with Crippen molar-refractivity contribution < 1.29 is 19.4 Å². The number of amides is 1. The summed E-state index contributed by atoms with van der Waals surface area (Å²) in [5.41, 5.74) is 1.35. The van der Waals surface area contributed by atoms with Gasteiger partial charge in [0.2, 0.25) is 5.78 Å². The number of nitrogens with zero attached hydrogens (tertiary/aromatic N) is 3. The van der Waals surface area contributed by atoms with Gasteiger partial charge in [-0.1, -0.05) is 30.3 Å². The minimum Gasteiger partial charge on any atom is -0.503 e. The van der Waals surface area contributed by atoms with Gasteiger partial charge in [0.15, 0.2) is 5.76 Å². The van der Waals surface area contributed by atoms with E-state index < -0.39 is 17.7 Å². The van der Waals surface area contributed by atoms with Crippen molar-refractivity contribution in [2.75, 3.05) is 27.2 Å². The Kier molecular flexibility index (Phi) is 6.81. The third-order valence-electron chi connectivity index (χ3n) is 5.60. The molecule has 34 heavy (non-hydrogen) atoms. The molecule has 0 saturated heterocycles. The number of likely N-dealkylation sites (N-methyl/N-ethyl adjacent to an activating group) is 1. The summed E-state index contributed by atoms with van der Waals surface area (Å²) >= 11 is 1.27. The number of carbonyl (C=O) groups excluding carboxylic acids is 2. The van der Waals surface area contributed by atoms with Crippen LogP contribution < -0.4 is 4.74 Å². The van der Waals surface area contributed by atoms with Crippen molar-refractivity contribution in [1.29, 1.82) is 0 Å². The highest BCUT2D eigenvalue weighted by atomic mass is 32.1. The number of Topliss-reactive ketones (excluding diaryl/α,β-unsaturated/α-hetero) is 1. The minimum atomic E-state index is -0.735. The van der Waals surface area contributed by atoms with Crippen molar-refractivity contribution in [3.8, 4) is 11.5 Å². The molecule has 3 aromatic rings. The van der Waals surface area contributed by atoms with Crippen molar-refractivity contribution in [3.05, 3.63) is 87.1 Å². The Morgan fingerprint density at radius 3 is 2.47 bits per heavy atom. The van der Waals surface area contributed by atoms with Crippen molar-refractivity contribution >= 4 is 23.0 Å². The fourth-order valence-electron chi connectivity index (χ4n) is 4.01. The van der Waals surface area contributed by atoms with Crippen LogP contribution in [0.1, 0.15) is 32.0 Å². The molecule has 176 valence electrons. The molecule has 0 spiro atoms. The molecule has 0 bridgehead atoms. The lowest BCUT2D eigenvalue weighted by atomic mass is 9.95. The van der Waals surface area contributed by atoms with Gasteiger partial charge in [-0.2, -0.15) is 0 Å². The standard InChI is InChI=1S/C26H27N3O4S/c1-16-25(34-17(2)27-16)23(30)21-22(29(14-13-28(3)4)26(32)24(21)31)18-9-8-12-20(15-18)33-19-10-6-5-7-11-19/h5-12,15,22,31H,13-14H2,1-4H3. The number of aryl methyl sites for hydroxylation is 2. The van der Waals surface area contributed by atoms with Gasteiger partial charge >= 0.3 is 0 Å². The first kappa shape index (κ1) is 23.7. The molecule has 7 nitrogen and oxygen atoms in total. The molecule has 1 aliphatic heterocycles. The number of benzene rings is 2. The lowest BCUT2D eigenvalue weighted by molar-refractivity contribution is -0.129. The molecule has 1 aliphatic rings. The first-order valence-electron chi connectivity index (χ1n) is 11.0. The molecule has 0 saturated carbocycles. The van der Waals surface area contributed by atoms with Gasteiger partial charge in [-0.25, -0.2) is 4.98 Å². The van der Waals surface area contributed by atoms with Gasteiger partial charge < -0.3 is 19.6 Å². The molecule has 1 amide bonds. The highest BCUT2D eigenvalue weighted by Crippen LogP contribution is 2.41. The van der Waals surface area contributed by atoms with E-state index in [1.54, 1.807) is 11.8 Å². The Morgan fingerprint density at radius 1 is 1.12 bits per heavy atom. The quantitative estimate of drug-likeness (QED) is 0.474. The number of aromatic nitrogens is 1. The first-order valence-corrected chi connectivity index (χ1v) is 11.8. The second kappa shape index (κ2) is 9.79. The molecular formula is C26H27N3O4S. The van der Waals surface area contributed by atoms with Gasteiger partial charge in [-0.05, 0) is 57.8 Å². The summed E-state index contributed by atoms with van der Waals surface area (Å²) in [7, 11) is 3.82. The third kappa shape index (κ3) is 4.73. The van der Waals surface area contributed by atoms with Gasteiger partial charge in [0.25, 0.3) is 5.91 Å². The fourth-order valence-corrected chi connectivity index (χ4v) is 4.88. The van der Waals surface area contributed by atoms with Gasteiger partial charge in [0.05, 0.1) is 27.2 Å². The molecule has 8 heteroatoms. The fraction of sp³-hybridized carbons (Fsp3) is 0.269. The molecule has 0 radical (unpaired) electrons. The van der Waals surface area contributed by atoms with Crippen LogP contribution in [0.4, 0.5) is 0 Å². The summed E-state index contributed by atoms with van der Waals surface area (Å²) in [6.07, 6.45) is 0. The van der Waals surface area contributed by atoms with Gasteiger partial charge in [-0.15, -0.1) is 11.3 Å². The average molecular weight is 478 g/mol. The maximum atomic E-state index is 13.6. The smallest absolute Gasteiger partial charge is 0.290 e. The molecule has 1 atom stereocenters. The maximum Gasteiger partial charge on any atom is 0.290 e. The Balaban J connectivity index is 1.76. The second-order valence-electron chi connectivity index (χ2n) is 8.43. The van der Waals surface area contributed by atoms with Crippen LogP contribution in [-0.4, -0.2) is 58.8 Å². The second-order valence-corrected chi connectivity index (χ2v) is 9.63. The Bertz CT molecular complexity index is 1250. The molecule has 0 fully saturated rings. The lowest BCUT2D eigenvalue weighted by Crippen LogP contribution is -2.36. The van der Waals surface area contributed by atoms with Crippen LogP contribution in [0.2, 0.25) is 0 Å². The van der Waals surface area contributed by atoms with E-state index >= 15 is 0 Å². The largest absolute Gasteiger partial charge is 0.503 e. The topological polar surface area (TPSA) is 83.0 Å². The summed E-state index contributed by atoms with van der Waals surface area (Å²) in [4.78, 5) is 35.0. The predicted molar refractivity (Wildman–Crippen MR) is 132 cm³/mol. The van der Waals surface area contributed by atoms with Crippen molar-refractivity contribution in [2.24, 2.45) is 0 Å². The number of rotatable bonds is 8. The number of ketones is 1. The molecule has 0 aliphatic carbocycles. The number of para-hydroxylation sites is 1. The van der Waals surface area contributed by atoms with Crippen LogP contribution in [0, 0.1) is 13.8 Å². The predicted octanol–water partition coefficient (Wildman–Crippen LogP) is 4.69. The molecule has 1 aromatic heterocycles. The zero-order valence-electron chi connectivity index (χ0n) is 19.6. The zero-order chi connectivity index (χ0) is 24.4. The lowest BCUT2D eigenvalue weighted by Gasteiger charge is -2.28. The van der Waals surface area contributed by atoms with Crippen molar-refractivity contribution in [3.63, 3.8) is 0 Å². The highest BCUT2D eigenvalue weighted by Gasteiger charge is 2.44. The van der Waals surface area contributed by atoms with Gasteiger partial charge in [0.1, 0.15) is 11.5 Å². The zero-order valence-corrected chi connectivity index (χ0v) is 20.4. The van der Waals surface area contributed by atoms with E-state index in [0.717, 1.165) is 5.01 Å². The number of thiazole rings is 1. The van der Waals surface area contributed by atoms with Gasteiger partial charge in [-0.3, -0.25) is 9.59 Å². The number of carbonyl (C=O) groups is 2. The van der Waals surface area contributed by atoms with Crippen LogP contribution in [0.15, 0.2) is 65.9 Å². The Labute approximate surface area is 202 Å². The van der Waals surface area contributed by atoms with E-state index in [9.17, 15) is 14.7 Å². The van der Waals surface area contributed by atoms with Crippen LogP contribution in [0.25, 0.3) is 0 Å². The molecule has 1 unspecified atom stereocenters. The normalized spacial score (nSPS) is 16.0. The molecule has 2 heterocycles. The van der Waals surface area contributed by atoms with Gasteiger partial charge in [0, 0.05) is 13.1 Å². The van der Waals surface area contributed by atoms with E-state index in [0.29, 0.717) is 40.7 Å². The summed E-state index contributed by atoms with van der Waals surface area (Å²) in [5.74, 6) is -0.179. The van der Waals surface area contributed by atoms with Crippen molar-refractivity contribution in [2.45, 2.75) is 19.9 Å². The minimum absolute atomic E-state index is 0.0763. The molecule has 4 rings (SSSR count). The Morgan fingerprint density at radius 2 is 1.82 bits per heavy atom. The average Bonchev–Trinajstić information content (AvgIpc) is 3.28. The number of aliphatic hydroxyl groups excluding tert-OH is 1. The van der Waals surface area contributed by atoms with E-state index in [4.69, 9.17) is 4.74 Å². The number of hydrogen-bond donors (Lipinski definition) is 1. The molecule has 1 N–H and O–H groups in total. The van der Waals surface area contributed by atoms with Crippen molar-refractivity contribution in [1.82, 2.24) is 14.8 Å². The third-order valence-corrected chi connectivity index (χ3v) is 6.67. The monoisotopic (exact) mass is 477 g/mol. The van der Waals surface area contributed by atoms with Crippen LogP contribution in [0.5, 0.6) is 11.5 Å². The number of ether oxygens (including phenoxy) is 1. The molecular weight excluding hydrogens is 450 g/mol. The first-order chi connectivity index (χ1) is 16.3. The maximum absolute atomic E-state index is 13.6. The van der Waals surface area contributed by atoms with E-state index in [1.165, 1.54) is 11.3 Å². The summed E-state index contributed by atoms with van der Waals surface area (Å²) in [6, 6.07) is 15.9.